The summed E-state index contributed by atoms with van der Waals surface area (Å²) >= 11 is 0. The summed E-state index contributed by atoms with van der Waals surface area (Å²) in [7, 11) is 0. The van der Waals surface area contributed by atoms with Crippen molar-refractivity contribution in [1.82, 2.24) is 15.2 Å². The number of aromatic nitrogens is 1. The highest BCUT2D eigenvalue weighted by Gasteiger charge is 2.24. The first kappa shape index (κ1) is 24.8. The van der Waals surface area contributed by atoms with E-state index in [1.165, 1.54) is 11.8 Å². The van der Waals surface area contributed by atoms with Crippen LogP contribution in [0, 0.1) is 5.82 Å². The molecule has 0 amide bonds. The van der Waals surface area contributed by atoms with Crippen LogP contribution >= 0.6 is 0 Å². The Morgan fingerprint density at radius 1 is 0.947 bits per heavy atom. The zero-order valence-electron chi connectivity index (χ0n) is 21.5. The number of hydrogen-bond acceptors (Lipinski definition) is 8. The number of nitrogens with one attached hydrogen (secondary N) is 1. The van der Waals surface area contributed by atoms with E-state index in [0.717, 1.165) is 76.0 Å². The Hall–Kier alpha value is -3.53. The second-order valence-electron chi connectivity index (χ2n) is 9.68. The molecule has 3 aliphatic heterocycles. The second-order valence-corrected chi connectivity index (χ2v) is 9.68. The second kappa shape index (κ2) is 11.5. The molecule has 1 aromatic heterocycles. The number of benzene rings is 2. The number of piperazine rings is 1. The summed E-state index contributed by atoms with van der Waals surface area (Å²) in [4.78, 5) is 16.0. The van der Waals surface area contributed by atoms with Gasteiger partial charge in [-0.2, -0.15) is 0 Å². The van der Waals surface area contributed by atoms with Crippen LogP contribution in [-0.4, -0.2) is 88.4 Å². The maximum Gasteiger partial charge on any atom is 0.136 e. The minimum absolute atomic E-state index is 0.355. The van der Waals surface area contributed by atoms with E-state index in [9.17, 15) is 0 Å². The van der Waals surface area contributed by atoms with Crippen molar-refractivity contribution in [2.24, 2.45) is 4.99 Å². The third-order valence-electron chi connectivity index (χ3n) is 7.30. The Kier molecular flexibility index (Phi) is 7.48. The van der Waals surface area contributed by atoms with E-state index >= 15 is 4.39 Å². The molecule has 2 saturated heterocycles. The molecule has 4 heterocycles. The number of rotatable bonds is 7. The molecule has 0 bridgehead atoms. The zero-order valence-corrected chi connectivity index (χ0v) is 21.5. The minimum Gasteiger partial charge on any atom is -0.492 e. The van der Waals surface area contributed by atoms with Crippen LogP contribution in [0.2, 0.25) is 0 Å². The van der Waals surface area contributed by atoms with E-state index in [1.54, 1.807) is 12.3 Å². The Bertz CT molecular complexity index is 1270. The summed E-state index contributed by atoms with van der Waals surface area (Å²) in [6.45, 7) is 9.03. The number of halogens is 1. The van der Waals surface area contributed by atoms with Gasteiger partial charge in [0, 0.05) is 86.8 Å². The molecule has 9 heteroatoms. The monoisotopic (exact) mass is 516 g/mol. The number of anilines is 3. The molecule has 198 valence electrons. The first-order valence-electron chi connectivity index (χ1n) is 13.3. The van der Waals surface area contributed by atoms with Crippen LogP contribution in [0.15, 0.2) is 59.7 Å². The predicted molar refractivity (Wildman–Crippen MR) is 149 cm³/mol. The number of fused-ring (bicyclic) bond motifs is 1. The van der Waals surface area contributed by atoms with Crippen LogP contribution in [-0.2, 0) is 4.74 Å². The molecule has 0 atom stereocenters. The number of nitrogens with zero attached hydrogens (tertiary/aromatic N) is 5. The van der Waals surface area contributed by atoms with Gasteiger partial charge in [0.2, 0.25) is 0 Å². The number of pyridine rings is 1. The molecule has 0 saturated carbocycles. The van der Waals surface area contributed by atoms with Gasteiger partial charge in [-0.1, -0.05) is 0 Å². The van der Waals surface area contributed by atoms with Gasteiger partial charge in [-0.25, -0.2) is 4.39 Å². The standard InChI is InChI=1S/C29H33FN6O2/c30-27-19-25(38-18-15-34-13-16-37-17-14-34)5-6-26(27)28-29-22(7-8-33-28)20-32-21-36(29)24-3-1-23(2-4-24)35-11-9-31-10-12-35/h1-8,19-20,31H,9-18,21H2. The van der Waals surface area contributed by atoms with Crippen molar-refractivity contribution in [2.75, 3.05) is 82.1 Å². The van der Waals surface area contributed by atoms with Gasteiger partial charge in [0.05, 0.1) is 24.6 Å². The first-order chi connectivity index (χ1) is 18.8. The Morgan fingerprint density at radius 2 is 1.74 bits per heavy atom. The van der Waals surface area contributed by atoms with Crippen molar-refractivity contribution in [1.29, 1.82) is 0 Å². The van der Waals surface area contributed by atoms with Gasteiger partial charge in [0.15, 0.2) is 0 Å². The minimum atomic E-state index is -0.355. The Labute approximate surface area is 222 Å². The molecule has 6 rings (SSSR count). The summed E-state index contributed by atoms with van der Waals surface area (Å²) in [6, 6.07) is 15.5. The van der Waals surface area contributed by atoms with E-state index in [1.807, 2.05) is 18.3 Å². The lowest BCUT2D eigenvalue weighted by molar-refractivity contribution is 0.0322. The number of hydrogen-bond donors (Lipinski definition) is 1. The summed E-state index contributed by atoms with van der Waals surface area (Å²) in [6.07, 6.45) is 3.55. The molecular weight excluding hydrogens is 483 g/mol. The lowest BCUT2D eigenvalue weighted by atomic mass is 10.0. The van der Waals surface area contributed by atoms with Gasteiger partial charge in [-0.3, -0.25) is 14.9 Å². The lowest BCUT2D eigenvalue weighted by Crippen LogP contribution is -2.43. The number of ether oxygens (including phenoxy) is 2. The highest BCUT2D eigenvalue weighted by Crippen LogP contribution is 2.39. The van der Waals surface area contributed by atoms with Crippen molar-refractivity contribution >= 4 is 23.3 Å². The number of aliphatic imine (C=N–C) groups is 1. The van der Waals surface area contributed by atoms with Gasteiger partial charge in [-0.05, 0) is 42.5 Å². The van der Waals surface area contributed by atoms with Crippen LogP contribution in [0.5, 0.6) is 5.75 Å². The molecule has 3 aliphatic rings. The molecule has 0 aliphatic carbocycles. The van der Waals surface area contributed by atoms with Crippen molar-refractivity contribution in [3.05, 3.63) is 66.1 Å². The quantitative estimate of drug-likeness (QED) is 0.515. The van der Waals surface area contributed by atoms with E-state index in [-0.39, 0.29) is 5.82 Å². The molecule has 38 heavy (non-hydrogen) atoms. The maximum atomic E-state index is 15.5. The van der Waals surface area contributed by atoms with Crippen molar-refractivity contribution in [3.8, 4) is 17.0 Å². The average molecular weight is 517 g/mol. The van der Waals surface area contributed by atoms with Gasteiger partial charge in [0.25, 0.3) is 0 Å². The fourth-order valence-electron chi connectivity index (χ4n) is 5.22. The van der Waals surface area contributed by atoms with Gasteiger partial charge >= 0.3 is 0 Å². The molecule has 0 radical (unpaired) electrons. The fourth-order valence-corrected chi connectivity index (χ4v) is 5.22. The van der Waals surface area contributed by atoms with Crippen LogP contribution in [0.25, 0.3) is 11.3 Å². The van der Waals surface area contributed by atoms with E-state index in [0.29, 0.717) is 30.3 Å². The van der Waals surface area contributed by atoms with Gasteiger partial charge < -0.3 is 24.6 Å². The zero-order chi connectivity index (χ0) is 25.7. The molecule has 8 nitrogen and oxygen atoms in total. The average Bonchev–Trinajstić information content (AvgIpc) is 2.98. The van der Waals surface area contributed by atoms with Crippen LogP contribution < -0.4 is 19.9 Å². The topological polar surface area (TPSA) is 65.5 Å². The van der Waals surface area contributed by atoms with Crippen LogP contribution in [0.3, 0.4) is 0 Å². The number of morpholine rings is 1. The van der Waals surface area contributed by atoms with Crippen LogP contribution in [0.4, 0.5) is 21.5 Å². The molecule has 3 aromatic rings. The highest BCUT2D eigenvalue weighted by molar-refractivity contribution is 5.97. The maximum absolute atomic E-state index is 15.5. The van der Waals surface area contributed by atoms with Crippen molar-refractivity contribution < 1.29 is 13.9 Å². The highest BCUT2D eigenvalue weighted by atomic mass is 19.1. The van der Waals surface area contributed by atoms with Gasteiger partial charge in [-0.15, -0.1) is 0 Å². The smallest absolute Gasteiger partial charge is 0.136 e. The summed E-state index contributed by atoms with van der Waals surface area (Å²) in [5.41, 5.74) is 5.02. The van der Waals surface area contributed by atoms with Gasteiger partial charge in [0.1, 0.15) is 24.8 Å². The molecule has 0 spiro atoms. The first-order valence-corrected chi connectivity index (χ1v) is 13.3. The molecular formula is C29H33FN6O2. The summed E-state index contributed by atoms with van der Waals surface area (Å²) in [5.74, 6) is 0.164. The molecule has 0 unspecified atom stereocenters. The molecule has 1 N–H and O–H groups in total. The fraction of sp³-hybridized carbons (Fsp3) is 0.379. The third kappa shape index (κ3) is 5.36. The van der Waals surface area contributed by atoms with E-state index in [4.69, 9.17) is 9.47 Å². The SMILES string of the molecule is Fc1cc(OCCN2CCOCC2)ccc1-c1nccc2c1N(c1ccc(N3CCNCC3)cc1)CN=C2. The van der Waals surface area contributed by atoms with Crippen molar-refractivity contribution in [2.45, 2.75) is 0 Å². The lowest BCUT2D eigenvalue weighted by Gasteiger charge is -2.31. The third-order valence-corrected chi connectivity index (χ3v) is 7.30. The van der Waals surface area contributed by atoms with Crippen LogP contribution in [0.1, 0.15) is 5.56 Å². The summed E-state index contributed by atoms with van der Waals surface area (Å²) in [5, 5.41) is 3.39. The normalized spacial score (nSPS) is 17.9. The Morgan fingerprint density at radius 3 is 2.53 bits per heavy atom. The van der Waals surface area contributed by atoms with Crippen molar-refractivity contribution in [3.63, 3.8) is 0 Å². The largest absolute Gasteiger partial charge is 0.492 e. The molecule has 2 fully saturated rings. The molecule has 2 aromatic carbocycles. The van der Waals surface area contributed by atoms with E-state index in [2.05, 4.69) is 54.3 Å². The Balaban J connectivity index is 1.22. The predicted octanol–water partition coefficient (Wildman–Crippen LogP) is 3.54. The van der Waals surface area contributed by atoms with E-state index < -0.39 is 0 Å². The summed E-state index contributed by atoms with van der Waals surface area (Å²) < 4.78 is 26.7.